The maximum absolute atomic E-state index is 12.9. The Balaban J connectivity index is 2.28. The smallest absolute Gasteiger partial charge is 0.228 e. The van der Waals surface area contributed by atoms with Gasteiger partial charge in [0.25, 0.3) is 0 Å². The van der Waals surface area contributed by atoms with Crippen LogP contribution in [0.15, 0.2) is 12.3 Å². The number of amides is 1. The zero-order valence-electron chi connectivity index (χ0n) is 8.36. The quantitative estimate of drug-likeness (QED) is 0.825. The van der Waals surface area contributed by atoms with Gasteiger partial charge in [0.05, 0.1) is 9.77 Å². The number of halogens is 2. The second-order valence-corrected chi connectivity index (χ2v) is 4.88. The third-order valence-electron chi connectivity index (χ3n) is 2.51. The van der Waals surface area contributed by atoms with E-state index in [0.717, 1.165) is 6.20 Å². The molecule has 1 saturated heterocycles. The fourth-order valence-electron chi connectivity index (χ4n) is 1.71. The summed E-state index contributed by atoms with van der Waals surface area (Å²) >= 11 is 1.95. The highest BCUT2D eigenvalue weighted by molar-refractivity contribution is 14.1. The Morgan fingerprint density at radius 1 is 1.69 bits per heavy atom. The predicted octanol–water partition coefficient (Wildman–Crippen LogP) is 1.17. The molecule has 2 heterocycles. The molecule has 0 radical (unpaired) electrons. The molecule has 1 amide bonds. The zero-order valence-corrected chi connectivity index (χ0v) is 10.5. The van der Waals surface area contributed by atoms with E-state index in [0.29, 0.717) is 22.4 Å². The standard InChI is InChI=1S/C10H10FIN2O2/c11-7-2-8(12)10(13-3-7)14-4-6(5-15)1-9(14)16/h2-3,6,15H,1,4-5H2. The maximum atomic E-state index is 12.9. The van der Waals surface area contributed by atoms with Crippen LogP contribution in [0.4, 0.5) is 10.2 Å². The van der Waals surface area contributed by atoms with Crippen molar-refractivity contribution in [2.75, 3.05) is 18.1 Å². The molecule has 0 saturated carbocycles. The van der Waals surface area contributed by atoms with Crippen LogP contribution in [0.2, 0.25) is 0 Å². The topological polar surface area (TPSA) is 53.4 Å². The molecule has 86 valence electrons. The Labute approximate surface area is 106 Å². The average molecular weight is 336 g/mol. The summed E-state index contributed by atoms with van der Waals surface area (Å²) in [7, 11) is 0. The third-order valence-corrected chi connectivity index (χ3v) is 3.30. The lowest BCUT2D eigenvalue weighted by atomic mass is 10.1. The van der Waals surface area contributed by atoms with Crippen molar-refractivity contribution >= 4 is 34.3 Å². The Hall–Kier alpha value is -0.760. The van der Waals surface area contributed by atoms with Crippen molar-refractivity contribution < 1.29 is 14.3 Å². The van der Waals surface area contributed by atoms with E-state index >= 15 is 0 Å². The van der Waals surface area contributed by atoms with Crippen molar-refractivity contribution in [3.05, 3.63) is 21.7 Å². The number of carbonyl (C=O) groups excluding carboxylic acids is 1. The van der Waals surface area contributed by atoms with E-state index in [1.54, 1.807) is 0 Å². The number of nitrogens with zero attached hydrogens (tertiary/aromatic N) is 2. The van der Waals surface area contributed by atoms with Crippen molar-refractivity contribution in [3.63, 3.8) is 0 Å². The Morgan fingerprint density at radius 3 is 3.00 bits per heavy atom. The number of pyridine rings is 1. The predicted molar refractivity (Wildman–Crippen MR) is 64.5 cm³/mol. The average Bonchev–Trinajstić information content (AvgIpc) is 2.60. The Bertz CT molecular complexity index is 427. The lowest BCUT2D eigenvalue weighted by Gasteiger charge is -2.16. The van der Waals surface area contributed by atoms with Crippen molar-refractivity contribution in [2.24, 2.45) is 5.92 Å². The van der Waals surface area contributed by atoms with Gasteiger partial charge in [-0.2, -0.15) is 0 Å². The molecule has 1 fully saturated rings. The first-order valence-electron chi connectivity index (χ1n) is 4.84. The molecule has 1 aromatic rings. The minimum atomic E-state index is -0.418. The number of carbonyl (C=O) groups is 1. The van der Waals surface area contributed by atoms with Gasteiger partial charge in [0.1, 0.15) is 11.6 Å². The van der Waals surface area contributed by atoms with Crippen molar-refractivity contribution in [1.82, 2.24) is 4.98 Å². The summed E-state index contributed by atoms with van der Waals surface area (Å²) < 4.78 is 13.5. The summed E-state index contributed by atoms with van der Waals surface area (Å²) in [6.07, 6.45) is 1.42. The van der Waals surface area contributed by atoms with E-state index in [1.165, 1.54) is 11.0 Å². The normalized spacial score (nSPS) is 20.6. The summed E-state index contributed by atoms with van der Waals surface area (Å²) in [6, 6.07) is 1.34. The minimum absolute atomic E-state index is 0.0139. The molecule has 16 heavy (non-hydrogen) atoms. The second kappa shape index (κ2) is 4.62. The van der Waals surface area contributed by atoms with Gasteiger partial charge in [0.15, 0.2) is 0 Å². The number of hydrogen-bond donors (Lipinski definition) is 1. The summed E-state index contributed by atoms with van der Waals surface area (Å²) in [6.45, 7) is 0.435. The first-order chi connectivity index (χ1) is 7.61. The highest BCUT2D eigenvalue weighted by Crippen LogP contribution is 2.27. The van der Waals surface area contributed by atoms with Gasteiger partial charge in [-0.1, -0.05) is 0 Å². The minimum Gasteiger partial charge on any atom is -0.396 e. The first kappa shape index (κ1) is 11.7. The number of aliphatic hydroxyl groups is 1. The van der Waals surface area contributed by atoms with E-state index in [4.69, 9.17) is 5.11 Å². The zero-order chi connectivity index (χ0) is 11.7. The van der Waals surface area contributed by atoms with Crippen molar-refractivity contribution in [2.45, 2.75) is 6.42 Å². The van der Waals surface area contributed by atoms with Crippen LogP contribution >= 0.6 is 22.6 Å². The van der Waals surface area contributed by atoms with Gasteiger partial charge >= 0.3 is 0 Å². The summed E-state index contributed by atoms with van der Waals surface area (Å²) in [5.74, 6) is -0.0623. The molecule has 1 aromatic heterocycles. The molecule has 0 aliphatic carbocycles. The van der Waals surface area contributed by atoms with E-state index in [1.807, 2.05) is 22.6 Å². The van der Waals surface area contributed by atoms with E-state index in [9.17, 15) is 9.18 Å². The molecular formula is C10H10FIN2O2. The fourth-order valence-corrected chi connectivity index (χ4v) is 2.44. The molecule has 1 N–H and O–H groups in total. The number of aromatic nitrogens is 1. The molecule has 4 nitrogen and oxygen atoms in total. The highest BCUT2D eigenvalue weighted by Gasteiger charge is 2.31. The molecule has 0 spiro atoms. The van der Waals surface area contributed by atoms with Crippen LogP contribution in [-0.2, 0) is 4.79 Å². The second-order valence-electron chi connectivity index (χ2n) is 3.72. The van der Waals surface area contributed by atoms with Crippen LogP contribution in [0.5, 0.6) is 0 Å². The number of rotatable bonds is 2. The van der Waals surface area contributed by atoms with Crippen LogP contribution in [0, 0.1) is 15.3 Å². The largest absolute Gasteiger partial charge is 0.396 e. The lowest BCUT2D eigenvalue weighted by molar-refractivity contribution is -0.117. The van der Waals surface area contributed by atoms with E-state index in [2.05, 4.69) is 4.98 Å². The van der Waals surface area contributed by atoms with Crippen molar-refractivity contribution in [3.8, 4) is 0 Å². The van der Waals surface area contributed by atoms with Crippen molar-refractivity contribution in [1.29, 1.82) is 0 Å². The highest BCUT2D eigenvalue weighted by atomic mass is 127. The number of anilines is 1. The summed E-state index contributed by atoms with van der Waals surface area (Å²) in [4.78, 5) is 17.1. The van der Waals surface area contributed by atoms with Crippen LogP contribution in [0.3, 0.4) is 0 Å². The van der Waals surface area contributed by atoms with Gasteiger partial charge in [-0.25, -0.2) is 9.37 Å². The first-order valence-corrected chi connectivity index (χ1v) is 5.92. The molecule has 1 aliphatic heterocycles. The van der Waals surface area contributed by atoms with E-state index in [-0.39, 0.29) is 18.4 Å². The van der Waals surface area contributed by atoms with Crippen LogP contribution < -0.4 is 4.90 Å². The summed E-state index contributed by atoms with van der Waals surface area (Å²) in [5, 5.41) is 9.00. The molecule has 6 heteroatoms. The summed E-state index contributed by atoms with van der Waals surface area (Å²) in [5.41, 5.74) is 0. The van der Waals surface area contributed by atoms with Gasteiger partial charge in [-0.05, 0) is 28.7 Å². The molecular weight excluding hydrogens is 326 g/mol. The molecule has 1 aliphatic rings. The monoisotopic (exact) mass is 336 g/mol. The SMILES string of the molecule is O=C1CC(CO)CN1c1ncc(F)cc1I. The molecule has 0 bridgehead atoms. The van der Waals surface area contributed by atoms with Gasteiger partial charge < -0.3 is 5.11 Å². The van der Waals surface area contributed by atoms with E-state index < -0.39 is 5.82 Å². The number of hydrogen-bond acceptors (Lipinski definition) is 3. The fraction of sp³-hybridized carbons (Fsp3) is 0.400. The van der Waals surface area contributed by atoms with Crippen LogP contribution in [0.1, 0.15) is 6.42 Å². The Kier molecular flexibility index (Phi) is 3.38. The maximum Gasteiger partial charge on any atom is 0.228 e. The van der Waals surface area contributed by atoms with Gasteiger partial charge in [-0.3, -0.25) is 9.69 Å². The lowest BCUT2D eigenvalue weighted by Crippen LogP contribution is -2.26. The molecule has 1 unspecified atom stereocenters. The van der Waals surface area contributed by atoms with Gasteiger partial charge in [0, 0.05) is 25.5 Å². The third kappa shape index (κ3) is 2.17. The van der Waals surface area contributed by atoms with Crippen LogP contribution in [0.25, 0.3) is 0 Å². The molecule has 0 aromatic carbocycles. The number of aliphatic hydroxyl groups excluding tert-OH is 1. The van der Waals surface area contributed by atoms with Crippen LogP contribution in [-0.4, -0.2) is 29.1 Å². The molecule has 1 atom stereocenters. The molecule has 2 rings (SSSR count). The van der Waals surface area contributed by atoms with Gasteiger partial charge in [-0.15, -0.1) is 0 Å². The van der Waals surface area contributed by atoms with Gasteiger partial charge in [0.2, 0.25) is 5.91 Å². The Morgan fingerprint density at radius 2 is 2.44 bits per heavy atom.